The summed E-state index contributed by atoms with van der Waals surface area (Å²) in [7, 11) is 0. The van der Waals surface area contributed by atoms with Crippen molar-refractivity contribution >= 4 is 5.97 Å². The van der Waals surface area contributed by atoms with E-state index < -0.39 is 0 Å². The molecule has 2 nitrogen and oxygen atoms in total. The molecule has 22 heavy (non-hydrogen) atoms. The van der Waals surface area contributed by atoms with E-state index in [1.165, 1.54) is 64.2 Å². The van der Waals surface area contributed by atoms with Crippen LogP contribution in [0, 0.1) is 11.8 Å². The lowest BCUT2D eigenvalue weighted by molar-refractivity contribution is -0.143. The summed E-state index contributed by atoms with van der Waals surface area (Å²) in [6, 6.07) is 0. The summed E-state index contributed by atoms with van der Waals surface area (Å²) in [6.45, 7) is 6.05. The molecule has 2 heteroatoms. The van der Waals surface area contributed by atoms with Gasteiger partial charge < -0.3 is 4.74 Å². The number of hydrogen-bond donors (Lipinski definition) is 0. The van der Waals surface area contributed by atoms with Crippen LogP contribution in [0.15, 0.2) is 11.8 Å². The molecule has 1 aliphatic rings. The van der Waals surface area contributed by atoms with Gasteiger partial charge in [-0.1, -0.05) is 78.6 Å². The molecule has 0 radical (unpaired) electrons. The van der Waals surface area contributed by atoms with Gasteiger partial charge in [0.2, 0.25) is 0 Å². The van der Waals surface area contributed by atoms with E-state index in [-0.39, 0.29) is 11.9 Å². The zero-order chi connectivity index (χ0) is 16.2. The van der Waals surface area contributed by atoms with E-state index in [2.05, 4.69) is 13.0 Å². The van der Waals surface area contributed by atoms with Crippen molar-refractivity contribution in [3.8, 4) is 0 Å². The number of rotatable bonds is 2. The lowest BCUT2D eigenvalue weighted by Gasteiger charge is -2.13. The molecule has 0 spiro atoms. The Morgan fingerprint density at radius 3 is 2.00 bits per heavy atom. The van der Waals surface area contributed by atoms with Crippen LogP contribution in [0.1, 0.15) is 97.8 Å². The van der Waals surface area contributed by atoms with Crippen molar-refractivity contribution < 1.29 is 9.53 Å². The Morgan fingerprint density at radius 2 is 1.45 bits per heavy atom. The molecule has 1 unspecified atom stereocenters. The van der Waals surface area contributed by atoms with Crippen LogP contribution in [0.4, 0.5) is 0 Å². The highest BCUT2D eigenvalue weighted by molar-refractivity contribution is 5.72. The van der Waals surface area contributed by atoms with Crippen molar-refractivity contribution in [1.82, 2.24) is 0 Å². The van der Waals surface area contributed by atoms with Crippen molar-refractivity contribution in [3.63, 3.8) is 0 Å². The molecule has 128 valence electrons. The molecule has 0 bridgehead atoms. The van der Waals surface area contributed by atoms with Crippen LogP contribution in [0.2, 0.25) is 0 Å². The molecule has 0 aromatic rings. The molecule has 1 atom stereocenters. The average molecular weight is 309 g/mol. The lowest BCUT2D eigenvalue weighted by Crippen LogP contribution is -2.12. The van der Waals surface area contributed by atoms with Gasteiger partial charge in [0.15, 0.2) is 0 Å². The Kier molecular flexibility index (Phi) is 10.3. The summed E-state index contributed by atoms with van der Waals surface area (Å²) in [5.41, 5.74) is 0. The highest BCUT2D eigenvalue weighted by atomic mass is 16.5. The van der Waals surface area contributed by atoms with Gasteiger partial charge in [0.05, 0.1) is 5.92 Å². The van der Waals surface area contributed by atoms with Crippen LogP contribution < -0.4 is 0 Å². The summed E-state index contributed by atoms with van der Waals surface area (Å²) >= 11 is 0. The predicted molar refractivity (Wildman–Crippen MR) is 93.6 cm³/mol. The maximum Gasteiger partial charge on any atom is 0.313 e. The maximum atomic E-state index is 11.9. The number of esters is 1. The first kappa shape index (κ1) is 19.3. The molecule has 0 saturated carbocycles. The van der Waals surface area contributed by atoms with Gasteiger partial charge in [0, 0.05) is 6.42 Å². The maximum absolute atomic E-state index is 11.9. The van der Waals surface area contributed by atoms with E-state index in [0.717, 1.165) is 18.6 Å². The topological polar surface area (TPSA) is 26.3 Å². The van der Waals surface area contributed by atoms with Gasteiger partial charge in [-0.25, -0.2) is 0 Å². The Labute approximate surface area is 137 Å². The average Bonchev–Trinajstić information content (AvgIpc) is 2.47. The SMILES string of the molecule is CC1C=C(OC(=O)C(C)C)CCCCCCCCCCCC1. The number of ether oxygens (including phenoxy) is 1. The zero-order valence-corrected chi connectivity index (χ0v) is 15.0. The zero-order valence-electron chi connectivity index (χ0n) is 15.0. The molecule has 1 rings (SSSR count). The predicted octanol–water partition coefficient (Wildman–Crippen LogP) is 6.40. The Morgan fingerprint density at radius 1 is 0.955 bits per heavy atom. The van der Waals surface area contributed by atoms with Crippen LogP contribution in [0.3, 0.4) is 0 Å². The highest BCUT2D eigenvalue weighted by Gasteiger charge is 2.13. The third-order valence-corrected chi connectivity index (χ3v) is 4.51. The summed E-state index contributed by atoms with van der Waals surface area (Å²) in [5, 5.41) is 0. The summed E-state index contributed by atoms with van der Waals surface area (Å²) in [6.07, 6.45) is 17.6. The second-order valence-corrected chi connectivity index (χ2v) is 7.26. The van der Waals surface area contributed by atoms with E-state index in [0.29, 0.717) is 5.92 Å². The van der Waals surface area contributed by atoms with E-state index in [9.17, 15) is 4.79 Å². The summed E-state index contributed by atoms with van der Waals surface area (Å²) in [4.78, 5) is 11.9. The molecule has 0 heterocycles. The fraction of sp³-hybridized carbons (Fsp3) is 0.850. The van der Waals surface area contributed by atoms with Gasteiger partial charge in [-0.3, -0.25) is 4.79 Å². The first-order valence-corrected chi connectivity index (χ1v) is 9.52. The fourth-order valence-electron chi connectivity index (χ4n) is 3.00. The number of hydrogen-bond acceptors (Lipinski definition) is 2. The third-order valence-electron chi connectivity index (χ3n) is 4.51. The number of carbonyl (C=O) groups is 1. The molecule has 0 aliphatic heterocycles. The highest BCUT2D eigenvalue weighted by Crippen LogP contribution is 2.21. The molecule has 0 amide bonds. The smallest absolute Gasteiger partial charge is 0.313 e. The van der Waals surface area contributed by atoms with Gasteiger partial charge >= 0.3 is 5.97 Å². The molecule has 0 fully saturated rings. The van der Waals surface area contributed by atoms with E-state index in [4.69, 9.17) is 4.74 Å². The molecule has 0 N–H and O–H groups in total. The van der Waals surface area contributed by atoms with Crippen LogP contribution >= 0.6 is 0 Å². The van der Waals surface area contributed by atoms with Crippen LogP contribution in [0.25, 0.3) is 0 Å². The first-order chi connectivity index (χ1) is 10.6. The minimum absolute atomic E-state index is 0.0483. The van der Waals surface area contributed by atoms with E-state index >= 15 is 0 Å². The van der Waals surface area contributed by atoms with Crippen LogP contribution in [-0.2, 0) is 9.53 Å². The molecule has 0 aromatic carbocycles. The second kappa shape index (κ2) is 11.7. The van der Waals surface area contributed by atoms with Gasteiger partial charge in [-0.2, -0.15) is 0 Å². The minimum Gasteiger partial charge on any atom is -0.431 e. The monoisotopic (exact) mass is 308 g/mol. The standard InChI is InChI=1S/C20H36O2/c1-17(2)20(21)22-19-15-13-11-9-7-5-4-6-8-10-12-14-18(3)16-19/h16-18H,4-15H2,1-3H3. The number of carbonyl (C=O) groups excluding carboxylic acids is 1. The van der Waals surface area contributed by atoms with Gasteiger partial charge in [-0.15, -0.1) is 0 Å². The lowest BCUT2D eigenvalue weighted by atomic mass is 10.0. The van der Waals surface area contributed by atoms with Crippen molar-refractivity contribution in [2.75, 3.05) is 0 Å². The molecule has 1 aliphatic carbocycles. The van der Waals surface area contributed by atoms with Crippen molar-refractivity contribution in [2.24, 2.45) is 11.8 Å². The minimum atomic E-state index is -0.0867. The molecule has 0 aromatic heterocycles. The second-order valence-electron chi connectivity index (χ2n) is 7.26. The van der Waals surface area contributed by atoms with Gasteiger partial charge in [0.1, 0.15) is 5.76 Å². The Balaban J connectivity index is 2.56. The first-order valence-electron chi connectivity index (χ1n) is 9.52. The van der Waals surface area contributed by atoms with E-state index in [1.807, 2.05) is 13.8 Å². The normalized spacial score (nSPS) is 23.3. The van der Waals surface area contributed by atoms with Crippen LogP contribution in [0.5, 0.6) is 0 Å². The largest absolute Gasteiger partial charge is 0.431 e. The molecular weight excluding hydrogens is 272 g/mol. The fourth-order valence-corrected chi connectivity index (χ4v) is 3.00. The van der Waals surface area contributed by atoms with E-state index in [1.54, 1.807) is 0 Å². The quantitative estimate of drug-likeness (QED) is 0.552. The van der Waals surface area contributed by atoms with Crippen molar-refractivity contribution in [2.45, 2.75) is 97.8 Å². The molecular formula is C20H36O2. The summed E-state index contributed by atoms with van der Waals surface area (Å²) < 4.78 is 5.63. The summed E-state index contributed by atoms with van der Waals surface area (Å²) in [5.74, 6) is 1.30. The third kappa shape index (κ3) is 9.27. The number of allylic oxidation sites excluding steroid dienone is 2. The van der Waals surface area contributed by atoms with Crippen molar-refractivity contribution in [1.29, 1.82) is 0 Å². The molecule has 0 saturated heterocycles. The van der Waals surface area contributed by atoms with Crippen molar-refractivity contribution in [3.05, 3.63) is 11.8 Å². The van der Waals surface area contributed by atoms with Gasteiger partial charge in [0.25, 0.3) is 0 Å². The van der Waals surface area contributed by atoms with Gasteiger partial charge in [-0.05, 0) is 24.8 Å². The van der Waals surface area contributed by atoms with Crippen LogP contribution in [-0.4, -0.2) is 5.97 Å². The Bertz CT molecular complexity index is 331. The Hall–Kier alpha value is -0.790.